The molecule has 0 aromatic carbocycles. The van der Waals surface area contributed by atoms with Crippen LogP contribution in [-0.2, 0) is 0 Å². The van der Waals surface area contributed by atoms with Crippen LogP contribution in [0.25, 0.3) is 0 Å². The molecule has 0 aliphatic heterocycles. The van der Waals surface area contributed by atoms with Gasteiger partial charge in [0.15, 0.2) is 0 Å². The van der Waals surface area contributed by atoms with Crippen LogP contribution in [0.5, 0.6) is 0 Å². The Morgan fingerprint density at radius 1 is 1.57 bits per heavy atom. The van der Waals surface area contributed by atoms with Gasteiger partial charge in [-0.1, -0.05) is 0 Å². The molecule has 76 valence electrons. The van der Waals surface area contributed by atoms with Gasteiger partial charge in [0.25, 0.3) is 11.7 Å². The number of aromatic nitrogens is 1. The molecule has 6 heteroatoms. The van der Waals surface area contributed by atoms with E-state index in [2.05, 4.69) is 4.98 Å². The lowest BCUT2D eigenvalue weighted by molar-refractivity contribution is 0.106. The van der Waals surface area contributed by atoms with Gasteiger partial charge in [0.1, 0.15) is 0 Å². The molecular weight excluding hydrogens is 216 g/mol. The number of carbonyl (C=O) groups excluding carboxylic acids is 1. The second-order valence-corrected chi connectivity index (χ2v) is 3.00. The molecule has 0 spiro atoms. The Morgan fingerprint density at radius 3 is 2.57 bits per heavy atom. The van der Waals surface area contributed by atoms with Crippen molar-refractivity contribution in [3.8, 4) is 0 Å². The summed E-state index contributed by atoms with van der Waals surface area (Å²) in [5, 5.41) is -1.06. The average Bonchev–Trinajstić information content (AvgIpc) is 2.01. The van der Waals surface area contributed by atoms with Crippen LogP contribution in [-0.4, -0.2) is 10.2 Å². The number of pyridine rings is 1. The van der Waals surface area contributed by atoms with Crippen LogP contribution in [0.15, 0.2) is 10.9 Å². The fraction of sp³-hybridized carbons (Fsp3) is 0.250. The molecule has 0 unspecified atom stereocenters. The van der Waals surface area contributed by atoms with E-state index in [4.69, 9.17) is 11.6 Å². The molecule has 0 saturated carbocycles. The standard InChI is InChI=1S/C8H6ClF2NO2/c1-3-6(8(10)11)4(7(9)14)2-5(13)12-3/h2,8H,1H3,(H,12,13). The maximum atomic E-state index is 12.4. The number of aromatic amines is 1. The molecule has 0 radical (unpaired) electrons. The van der Waals surface area contributed by atoms with Crippen molar-refractivity contribution in [2.24, 2.45) is 0 Å². The van der Waals surface area contributed by atoms with E-state index in [1.165, 1.54) is 6.92 Å². The summed E-state index contributed by atoms with van der Waals surface area (Å²) in [6, 6.07) is 0.768. The van der Waals surface area contributed by atoms with Crippen molar-refractivity contribution < 1.29 is 13.6 Å². The highest BCUT2D eigenvalue weighted by Gasteiger charge is 2.20. The highest BCUT2D eigenvalue weighted by atomic mass is 35.5. The topological polar surface area (TPSA) is 49.9 Å². The molecule has 3 nitrogen and oxygen atoms in total. The van der Waals surface area contributed by atoms with Crippen molar-refractivity contribution in [3.63, 3.8) is 0 Å². The summed E-state index contributed by atoms with van der Waals surface area (Å²) < 4.78 is 24.9. The van der Waals surface area contributed by atoms with E-state index in [9.17, 15) is 18.4 Å². The highest BCUT2D eigenvalue weighted by Crippen LogP contribution is 2.25. The number of H-pyrrole nitrogens is 1. The predicted molar refractivity (Wildman–Crippen MR) is 46.9 cm³/mol. The first-order chi connectivity index (χ1) is 6.43. The molecule has 14 heavy (non-hydrogen) atoms. The van der Waals surface area contributed by atoms with Crippen LogP contribution < -0.4 is 5.56 Å². The third-order valence-electron chi connectivity index (χ3n) is 1.71. The fourth-order valence-corrected chi connectivity index (χ4v) is 1.30. The summed E-state index contributed by atoms with van der Waals surface area (Å²) in [5.74, 6) is 0. The molecule has 1 aromatic rings. The molecule has 1 rings (SSSR count). The molecule has 0 bridgehead atoms. The van der Waals surface area contributed by atoms with Crippen LogP contribution >= 0.6 is 11.6 Å². The van der Waals surface area contributed by atoms with Crippen LogP contribution in [0, 0.1) is 6.92 Å². The van der Waals surface area contributed by atoms with Crippen LogP contribution in [0.3, 0.4) is 0 Å². The number of alkyl halides is 2. The van der Waals surface area contributed by atoms with Gasteiger partial charge in [0.2, 0.25) is 5.56 Å². The molecule has 0 saturated heterocycles. The zero-order valence-corrected chi connectivity index (χ0v) is 7.86. The lowest BCUT2D eigenvalue weighted by atomic mass is 10.1. The maximum Gasteiger partial charge on any atom is 0.266 e. The first kappa shape index (κ1) is 10.8. The first-order valence-electron chi connectivity index (χ1n) is 3.65. The molecule has 1 heterocycles. The highest BCUT2D eigenvalue weighted by molar-refractivity contribution is 6.67. The second kappa shape index (κ2) is 3.88. The van der Waals surface area contributed by atoms with Gasteiger partial charge in [-0.2, -0.15) is 0 Å². The summed E-state index contributed by atoms with van der Waals surface area (Å²) in [6.07, 6.45) is -2.84. The molecule has 0 amide bonds. The fourth-order valence-electron chi connectivity index (χ4n) is 1.14. The first-order valence-corrected chi connectivity index (χ1v) is 4.03. The maximum absolute atomic E-state index is 12.4. The number of halogens is 3. The van der Waals surface area contributed by atoms with E-state index >= 15 is 0 Å². The predicted octanol–water partition coefficient (Wildman–Crippen LogP) is 2.00. The van der Waals surface area contributed by atoms with Crippen LogP contribution in [0.1, 0.15) is 28.0 Å². The van der Waals surface area contributed by atoms with Crippen LogP contribution in [0.4, 0.5) is 8.78 Å². The van der Waals surface area contributed by atoms with Gasteiger partial charge >= 0.3 is 0 Å². The van der Waals surface area contributed by atoms with E-state index in [-0.39, 0.29) is 5.69 Å². The van der Waals surface area contributed by atoms with E-state index in [0.717, 1.165) is 6.07 Å². The van der Waals surface area contributed by atoms with Gasteiger partial charge in [-0.25, -0.2) is 8.78 Å². The lowest BCUT2D eigenvalue weighted by Gasteiger charge is -2.07. The number of nitrogens with one attached hydrogen (secondary N) is 1. The Balaban J connectivity index is 3.52. The number of rotatable bonds is 2. The lowest BCUT2D eigenvalue weighted by Crippen LogP contribution is -2.14. The molecular formula is C8H6ClF2NO2. The average molecular weight is 222 g/mol. The smallest absolute Gasteiger partial charge is 0.266 e. The summed E-state index contributed by atoms with van der Waals surface area (Å²) >= 11 is 5.07. The molecule has 1 aromatic heterocycles. The van der Waals surface area contributed by atoms with Crippen molar-refractivity contribution in [3.05, 3.63) is 33.2 Å². The minimum atomic E-state index is -2.84. The molecule has 1 N–H and O–H groups in total. The van der Waals surface area contributed by atoms with Gasteiger partial charge < -0.3 is 4.98 Å². The largest absolute Gasteiger partial charge is 0.326 e. The van der Waals surface area contributed by atoms with Gasteiger partial charge in [0.05, 0.1) is 5.56 Å². The normalized spacial score (nSPS) is 10.6. The van der Waals surface area contributed by atoms with Gasteiger partial charge in [0, 0.05) is 17.3 Å². The number of carbonyl (C=O) groups is 1. The van der Waals surface area contributed by atoms with Crippen molar-refractivity contribution in [1.82, 2.24) is 4.98 Å². The number of hydrogen-bond donors (Lipinski definition) is 1. The minimum absolute atomic E-state index is 0.0449. The Hall–Kier alpha value is -1.23. The minimum Gasteiger partial charge on any atom is -0.326 e. The second-order valence-electron chi connectivity index (χ2n) is 2.66. The third kappa shape index (κ3) is 1.98. The molecule has 0 aliphatic carbocycles. The number of hydrogen-bond acceptors (Lipinski definition) is 2. The Morgan fingerprint density at radius 2 is 2.14 bits per heavy atom. The van der Waals surface area contributed by atoms with E-state index in [1.54, 1.807) is 0 Å². The van der Waals surface area contributed by atoms with Gasteiger partial charge in [-0.3, -0.25) is 9.59 Å². The third-order valence-corrected chi connectivity index (χ3v) is 1.91. The van der Waals surface area contributed by atoms with E-state index in [1.807, 2.05) is 0 Å². The quantitative estimate of drug-likeness (QED) is 0.777. The summed E-state index contributed by atoms with van der Waals surface area (Å²) in [6.45, 7) is 1.28. The van der Waals surface area contributed by atoms with E-state index < -0.39 is 28.4 Å². The molecule has 0 aliphatic rings. The number of aryl methyl sites for hydroxylation is 1. The Kier molecular flexibility index (Phi) is 3.00. The van der Waals surface area contributed by atoms with Crippen molar-refractivity contribution in [2.75, 3.05) is 0 Å². The molecule has 0 fully saturated rings. The van der Waals surface area contributed by atoms with Crippen molar-refractivity contribution in [1.29, 1.82) is 0 Å². The SMILES string of the molecule is Cc1[nH]c(=O)cc(C(=O)Cl)c1C(F)F. The molecule has 0 atom stereocenters. The summed E-state index contributed by atoms with van der Waals surface area (Å²) in [4.78, 5) is 23.8. The zero-order valence-electron chi connectivity index (χ0n) is 7.11. The van der Waals surface area contributed by atoms with Crippen molar-refractivity contribution >= 4 is 16.8 Å². The zero-order chi connectivity index (χ0) is 10.9. The monoisotopic (exact) mass is 221 g/mol. The summed E-state index contributed by atoms with van der Waals surface area (Å²) in [5.41, 5.74) is -1.64. The van der Waals surface area contributed by atoms with Gasteiger partial charge in [-0.15, -0.1) is 0 Å². The van der Waals surface area contributed by atoms with E-state index in [0.29, 0.717) is 0 Å². The van der Waals surface area contributed by atoms with Crippen molar-refractivity contribution in [2.45, 2.75) is 13.3 Å². The Bertz CT molecular complexity index is 428. The van der Waals surface area contributed by atoms with Crippen LogP contribution in [0.2, 0.25) is 0 Å². The van der Waals surface area contributed by atoms with Gasteiger partial charge in [-0.05, 0) is 18.5 Å². The Labute approximate surface area is 82.7 Å². The summed E-state index contributed by atoms with van der Waals surface area (Å²) in [7, 11) is 0.